The molecule has 0 bridgehead atoms. The number of carbonyl (C=O) groups is 1. The summed E-state index contributed by atoms with van der Waals surface area (Å²) in [4.78, 5) is 15.7. The highest BCUT2D eigenvalue weighted by Gasteiger charge is 2.35. The minimum atomic E-state index is -0.364. The summed E-state index contributed by atoms with van der Waals surface area (Å²) in [5, 5.41) is 7.58. The SMILES string of the molecule is O=C1C(Nc2cccc3ccccc23)=C[C@@H](c2ccc(F)cc2)N1c1cccc2ccccc12. The molecule has 5 aromatic carbocycles. The second-order valence-corrected chi connectivity index (χ2v) is 8.40. The van der Waals surface area contributed by atoms with Crippen LogP contribution in [0.25, 0.3) is 21.5 Å². The molecule has 1 aliphatic heterocycles. The van der Waals surface area contributed by atoms with Crippen molar-refractivity contribution in [2.24, 2.45) is 0 Å². The van der Waals surface area contributed by atoms with Crippen LogP contribution in [-0.2, 0) is 4.79 Å². The number of hydrogen-bond donors (Lipinski definition) is 1. The summed E-state index contributed by atoms with van der Waals surface area (Å²) in [6.07, 6.45) is 1.93. The Balaban J connectivity index is 1.48. The lowest BCUT2D eigenvalue weighted by molar-refractivity contribution is -0.114. The van der Waals surface area contributed by atoms with Crippen molar-refractivity contribution in [2.45, 2.75) is 6.04 Å². The Bertz CT molecular complexity index is 1560. The number of anilines is 2. The maximum absolute atomic E-state index is 13.9. The van der Waals surface area contributed by atoms with Crippen molar-refractivity contribution in [3.63, 3.8) is 0 Å². The number of amides is 1. The minimum Gasteiger partial charge on any atom is -0.351 e. The van der Waals surface area contributed by atoms with Gasteiger partial charge in [-0.3, -0.25) is 9.69 Å². The van der Waals surface area contributed by atoms with Crippen molar-refractivity contribution in [1.82, 2.24) is 0 Å². The fourth-order valence-corrected chi connectivity index (χ4v) is 4.72. The summed E-state index contributed by atoms with van der Waals surface area (Å²) in [6.45, 7) is 0. The lowest BCUT2D eigenvalue weighted by atomic mass is 10.0. The van der Waals surface area contributed by atoms with Crippen molar-refractivity contribution in [3.8, 4) is 0 Å². The van der Waals surface area contributed by atoms with Crippen LogP contribution in [0.5, 0.6) is 0 Å². The third-order valence-electron chi connectivity index (χ3n) is 6.35. The smallest absolute Gasteiger partial charge is 0.275 e. The van der Waals surface area contributed by atoms with E-state index in [0.717, 1.165) is 38.5 Å². The molecule has 5 aromatic rings. The van der Waals surface area contributed by atoms with Crippen LogP contribution in [0.4, 0.5) is 15.8 Å². The van der Waals surface area contributed by atoms with Gasteiger partial charge in [0, 0.05) is 16.5 Å². The highest BCUT2D eigenvalue weighted by atomic mass is 19.1. The van der Waals surface area contributed by atoms with Gasteiger partial charge in [-0.25, -0.2) is 4.39 Å². The van der Waals surface area contributed by atoms with Crippen molar-refractivity contribution >= 4 is 38.8 Å². The molecule has 0 radical (unpaired) electrons. The van der Waals surface area contributed by atoms with E-state index in [4.69, 9.17) is 0 Å². The van der Waals surface area contributed by atoms with Crippen LogP contribution in [0.15, 0.2) is 121 Å². The van der Waals surface area contributed by atoms with Gasteiger partial charge in [0.1, 0.15) is 11.5 Å². The number of hydrogen-bond acceptors (Lipinski definition) is 2. The van der Waals surface area contributed by atoms with E-state index in [9.17, 15) is 9.18 Å². The summed E-state index contributed by atoms with van der Waals surface area (Å²) in [5.74, 6) is -0.429. The third-order valence-corrected chi connectivity index (χ3v) is 6.35. The fourth-order valence-electron chi connectivity index (χ4n) is 4.72. The molecule has 0 fully saturated rings. The molecule has 1 aliphatic rings. The number of nitrogens with zero attached hydrogens (tertiary/aromatic N) is 1. The molecule has 1 amide bonds. The van der Waals surface area contributed by atoms with Gasteiger partial charge in [-0.2, -0.15) is 0 Å². The highest BCUT2D eigenvalue weighted by Crippen LogP contribution is 2.40. The topological polar surface area (TPSA) is 32.3 Å². The molecule has 4 heteroatoms. The highest BCUT2D eigenvalue weighted by molar-refractivity contribution is 6.15. The van der Waals surface area contributed by atoms with Gasteiger partial charge >= 0.3 is 0 Å². The molecule has 0 aromatic heterocycles. The molecule has 3 nitrogen and oxygen atoms in total. The van der Waals surface area contributed by atoms with Crippen molar-refractivity contribution in [2.75, 3.05) is 10.2 Å². The molecule has 1 heterocycles. The summed E-state index contributed by atoms with van der Waals surface area (Å²) < 4.78 is 13.7. The van der Waals surface area contributed by atoms with E-state index in [1.165, 1.54) is 12.1 Å². The van der Waals surface area contributed by atoms with E-state index in [0.29, 0.717) is 5.70 Å². The molecule has 6 rings (SSSR count). The molecule has 0 spiro atoms. The van der Waals surface area contributed by atoms with Crippen LogP contribution >= 0.6 is 0 Å². The maximum atomic E-state index is 13.9. The van der Waals surface area contributed by atoms with Gasteiger partial charge in [-0.15, -0.1) is 0 Å². The first-order chi connectivity index (χ1) is 16.7. The van der Waals surface area contributed by atoms with Gasteiger partial charge in [-0.05, 0) is 46.7 Å². The Kier molecular flexibility index (Phi) is 4.84. The lowest BCUT2D eigenvalue weighted by Crippen LogP contribution is -2.31. The molecule has 1 N–H and O–H groups in total. The summed E-state index contributed by atoms with van der Waals surface area (Å²) in [5.41, 5.74) is 3.04. The average molecular weight is 445 g/mol. The first-order valence-corrected chi connectivity index (χ1v) is 11.2. The van der Waals surface area contributed by atoms with Crippen LogP contribution in [0.3, 0.4) is 0 Å². The number of halogens is 1. The fraction of sp³-hybridized carbons (Fsp3) is 0.0333. The number of benzene rings is 5. The molecule has 0 unspecified atom stereocenters. The standard InChI is InChI=1S/C30H21FN2O/c31-23-17-15-22(16-18-23)29-19-27(32-26-13-5-9-20-7-1-3-11-24(20)26)30(34)33(29)28-14-6-10-21-8-2-4-12-25(21)28/h1-19,29,32H/t29-/m0/s1. The van der Waals surface area contributed by atoms with E-state index in [-0.39, 0.29) is 17.8 Å². The van der Waals surface area contributed by atoms with Crippen LogP contribution in [0.2, 0.25) is 0 Å². The van der Waals surface area contributed by atoms with Crippen LogP contribution < -0.4 is 10.2 Å². The monoisotopic (exact) mass is 444 g/mol. The van der Waals surface area contributed by atoms with Gasteiger partial charge < -0.3 is 5.32 Å². The predicted octanol–water partition coefficient (Wildman–Crippen LogP) is 7.22. The van der Waals surface area contributed by atoms with Crippen molar-refractivity contribution in [3.05, 3.63) is 132 Å². The minimum absolute atomic E-state index is 0.126. The zero-order chi connectivity index (χ0) is 23.1. The van der Waals surface area contributed by atoms with Gasteiger partial charge in [0.15, 0.2) is 0 Å². The Morgan fingerprint density at radius 1 is 0.676 bits per heavy atom. The van der Waals surface area contributed by atoms with Crippen LogP contribution in [0, 0.1) is 5.82 Å². The Labute approximate surface area is 196 Å². The first kappa shape index (κ1) is 20.2. The quantitative estimate of drug-likeness (QED) is 0.317. The Hall–Kier alpha value is -4.44. The molecule has 164 valence electrons. The van der Waals surface area contributed by atoms with E-state index in [2.05, 4.69) is 17.4 Å². The molecule has 0 saturated carbocycles. The van der Waals surface area contributed by atoms with Gasteiger partial charge in [-0.1, -0.05) is 84.9 Å². The van der Waals surface area contributed by atoms with Crippen molar-refractivity contribution < 1.29 is 9.18 Å². The summed E-state index contributed by atoms with van der Waals surface area (Å²) in [6, 6.07) is 34.0. The van der Waals surface area contributed by atoms with Crippen molar-refractivity contribution in [1.29, 1.82) is 0 Å². The molecule has 1 atom stereocenters. The Morgan fingerprint density at radius 2 is 1.29 bits per heavy atom. The number of rotatable bonds is 4. The van der Waals surface area contributed by atoms with E-state index < -0.39 is 0 Å². The number of carbonyl (C=O) groups excluding carboxylic acids is 1. The molecule has 0 aliphatic carbocycles. The summed E-state index contributed by atoms with van der Waals surface area (Å²) >= 11 is 0. The molecular formula is C30H21FN2O. The number of nitrogens with one attached hydrogen (secondary N) is 1. The Morgan fingerprint density at radius 3 is 2.06 bits per heavy atom. The zero-order valence-corrected chi connectivity index (χ0v) is 18.3. The maximum Gasteiger partial charge on any atom is 0.275 e. The number of fused-ring (bicyclic) bond motifs is 2. The largest absolute Gasteiger partial charge is 0.351 e. The normalized spacial score (nSPS) is 15.7. The molecular weight excluding hydrogens is 423 g/mol. The van der Waals surface area contributed by atoms with Crippen LogP contribution in [-0.4, -0.2) is 5.91 Å². The van der Waals surface area contributed by atoms with Crippen LogP contribution in [0.1, 0.15) is 11.6 Å². The predicted molar refractivity (Wildman–Crippen MR) is 136 cm³/mol. The van der Waals surface area contributed by atoms with E-state index in [1.54, 1.807) is 17.0 Å². The lowest BCUT2D eigenvalue weighted by Gasteiger charge is -2.26. The molecule has 0 saturated heterocycles. The van der Waals surface area contributed by atoms with E-state index >= 15 is 0 Å². The second-order valence-electron chi connectivity index (χ2n) is 8.40. The molecule has 34 heavy (non-hydrogen) atoms. The van der Waals surface area contributed by atoms with Gasteiger partial charge in [0.25, 0.3) is 5.91 Å². The second kappa shape index (κ2) is 8.16. The third kappa shape index (κ3) is 3.41. The van der Waals surface area contributed by atoms with Gasteiger partial charge in [0.05, 0.1) is 11.7 Å². The first-order valence-electron chi connectivity index (χ1n) is 11.2. The van der Waals surface area contributed by atoms with Gasteiger partial charge in [0.2, 0.25) is 0 Å². The van der Waals surface area contributed by atoms with E-state index in [1.807, 2.05) is 78.9 Å². The zero-order valence-electron chi connectivity index (χ0n) is 18.3. The average Bonchev–Trinajstić information content (AvgIpc) is 3.20. The summed E-state index contributed by atoms with van der Waals surface area (Å²) in [7, 11) is 0.